The lowest BCUT2D eigenvalue weighted by atomic mass is 10.0. The van der Waals surface area contributed by atoms with Crippen LogP contribution in [0.25, 0.3) is 11.3 Å². The Morgan fingerprint density at radius 3 is 2.70 bits per heavy atom. The van der Waals surface area contributed by atoms with Crippen molar-refractivity contribution in [2.24, 2.45) is 13.0 Å². The van der Waals surface area contributed by atoms with Crippen LogP contribution in [0.3, 0.4) is 0 Å². The van der Waals surface area contributed by atoms with Crippen LogP contribution in [0, 0.1) is 5.92 Å². The zero-order valence-electron chi connectivity index (χ0n) is 17.7. The van der Waals surface area contributed by atoms with Crippen molar-refractivity contribution >= 4 is 27.5 Å². The van der Waals surface area contributed by atoms with Crippen LogP contribution in [0.5, 0.6) is 5.75 Å². The summed E-state index contributed by atoms with van der Waals surface area (Å²) in [7, 11) is 1.92. The maximum atomic E-state index is 12.5. The Bertz CT molecular complexity index is 851. The van der Waals surface area contributed by atoms with E-state index in [2.05, 4.69) is 31.2 Å². The van der Waals surface area contributed by atoms with Gasteiger partial charge in [-0.05, 0) is 78.8 Å². The Balaban J connectivity index is 1.49. The standard InChI is InChI=1S/C23H31BrN4O2/c1-27-23(20(24)16-25-27)19-15-18(26-22(29)14-17-6-2-3-7-17)8-9-21(19)30-13-12-28-10-4-5-11-28/h8-9,15-17H,2-7,10-14H2,1H3,(H,26,29). The van der Waals surface area contributed by atoms with Crippen LogP contribution in [0.15, 0.2) is 28.9 Å². The number of hydrogen-bond donors (Lipinski definition) is 1. The fourth-order valence-electron chi connectivity index (χ4n) is 4.61. The Morgan fingerprint density at radius 1 is 1.23 bits per heavy atom. The maximum Gasteiger partial charge on any atom is 0.224 e. The molecule has 30 heavy (non-hydrogen) atoms. The number of amides is 1. The van der Waals surface area contributed by atoms with E-state index in [0.29, 0.717) is 18.9 Å². The summed E-state index contributed by atoms with van der Waals surface area (Å²) in [6, 6.07) is 5.90. The molecule has 2 aromatic rings. The van der Waals surface area contributed by atoms with Crippen LogP contribution in [0.1, 0.15) is 44.9 Å². The number of hydrogen-bond acceptors (Lipinski definition) is 4. The number of carbonyl (C=O) groups is 1. The molecule has 1 saturated heterocycles. The predicted molar refractivity (Wildman–Crippen MR) is 123 cm³/mol. The van der Waals surface area contributed by atoms with Gasteiger partial charge < -0.3 is 10.1 Å². The number of rotatable bonds is 8. The molecule has 1 aromatic heterocycles. The smallest absolute Gasteiger partial charge is 0.224 e. The summed E-state index contributed by atoms with van der Waals surface area (Å²) in [4.78, 5) is 15.0. The second kappa shape index (κ2) is 9.96. The molecule has 2 heterocycles. The topological polar surface area (TPSA) is 59.4 Å². The van der Waals surface area contributed by atoms with Crippen molar-refractivity contribution in [3.8, 4) is 17.0 Å². The highest BCUT2D eigenvalue weighted by Gasteiger charge is 2.20. The fraction of sp³-hybridized carbons (Fsp3) is 0.565. The van der Waals surface area contributed by atoms with Gasteiger partial charge in [0.15, 0.2) is 0 Å². The number of likely N-dealkylation sites (tertiary alicyclic amines) is 1. The highest BCUT2D eigenvalue weighted by atomic mass is 79.9. The van der Waals surface area contributed by atoms with E-state index in [1.165, 1.54) is 38.5 Å². The first-order valence-electron chi connectivity index (χ1n) is 11.1. The van der Waals surface area contributed by atoms with E-state index >= 15 is 0 Å². The van der Waals surface area contributed by atoms with E-state index in [1.807, 2.05) is 29.9 Å². The summed E-state index contributed by atoms with van der Waals surface area (Å²) in [6.45, 7) is 3.91. The third-order valence-electron chi connectivity index (χ3n) is 6.23. The number of nitrogens with one attached hydrogen (secondary N) is 1. The molecular weight excluding hydrogens is 444 g/mol. The molecule has 0 bridgehead atoms. The summed E-state index contributed by atoms with van der Waals surface area (Å²) in [5, 5.41) is 7.45. The van der Waals surface area contributed by atoms with Crippen molar-refractivity contribution in [2.45, 2.75) is 44.9 Å². The monoisotopic (exact) mass is 474 g/mol. The Labute approximate surface area is 187 Å². The van der Waals surface area contributed by atoms with E-state index < -0.39 is 0 Å². The lowest BCUT2D eigenvalue weighted by Crippen LogP contribution is -2.25. The molecule has 4 rings (SSSR count). The normalized spacial score (nSPS) is 17.5. The molecule has 7 heteroatoms. The number of nitrogens with zero attached hydrogens (tertiary/aromatic N) is 3. The van der Waals surface area contributed by atoms with Crippen LogP contribution in [0.4, 0.5) is 5.69 Å². The number of anilines is 1. The van der Waals surface area contributed by atoms with E-state index in [0.717, 1.165) is 46.8 Å². The van der Waals surface area contributed by atoms with Gasteiger partial charge in [0.25, 0.3) is 0 Å². The quantitative estimate of drug-likeness (QED) is 0.594. The fourth-order valence-corrected chi connectivity index (χ4v) is 5.17. The number of carbonyl (C=O) groups excluding carboxylic acids is 1. The van der Waals surface area contributed by atoms with Gasteiger partial charge in [-0.25, -0.2) is 0 Å². The van der Waals surface area contributed by atoms with Crippen molar-refractivity contribution in [1.82, 2.24) is 14.7 Å². The number of ether oxygens (including phenoxy) is 1. The molecule has 162 valence electrons. The summed E-state index contributed by atoms with van der Waals surface area (Å²) < 4.78 is 8.92. The molecular formula is C23H31BrN4O2. The molecule has 1 aliphatic heterocycles. The molecule has 2 aliphatic rings. The second-order valence-electron chi connectivity index (χ2n) is 8.48. The summed E-state index contributed by atoms with van der Waals surface area (Å²) in [5.41, 5.74) is 2.67. The van der Waals surface area contributed by atoms with E-state index in [9.17, 15) is 4.79 Å². The van der Waals surface area contributed by atoms with Gasteiger partial charge >= 0.3 is 0 Å². The zero-order chi connectivity index (χ0) is 20.9. The summed E-state index contributed by atoms with van der Waals surface area (Å²) >= 11 is 3.61. The number of benzene rings is 1. The van der Waals surface area contributed by atoms with Gasteiger partial charge in [-0.3, -0.25) is 14.4 Å². The molecule has 1 aromatic carbocycles. The largest absolute Gasteiger partial charge is 0.492 e. The molecule has 1 amide bonds. The molecule has 2 fully saturated rings. The van der Waals surface area contributed by atoms with Gasteiger partial charge in [-0.15, -0.1) is 0 Å². The zero-order valence-corrected chi connectivity index (χ0v) is 19.3. The molecule has 1 aliphatic carbocycles. The molecule has 0 atom stereocenters. The highest BCUT2D eigenvalue weighted by Crippen LogP contribution is 2.37. The maximum absolute atomic E-state index is 12.5. The minimum Gasteiger partial charge on any atom is -0.492 e. The average molecular weight is 475 g/mol. The van der Waals surface area contributed by atoms with Crippen LogP contribution in [0.2, 0.25) is 0 Å². The molecule has 0 spiro atoms. The second-order valence-corrected chi connectivity index (χ2v) is 9.33. The van der Waals surface area contributed by atoms with Crippen molar-refractivity contribution in [3.05, 3.63) is 28.9 Å². The van der Waals surface area contributed by atoms with Gasteiger partial charge in [-0.1, -0.05) is 12.8 Å². The van der Waals surface area contributed by atoms with Crippen molar-refractivity contribution in [3.63, 3.8) is 0 Å². The highest BCUT2D eigenvalue weighted by molar-refractivity contribution is 9.10. The first-order chi connectivity index (χ1) is 14.6. The van der Waals surface area contributed by atoms with Crippen molar-refractivity contribution < 1.29 is 9.53 Å². The van der Waals surface area contributed by atoms with Crippen LogP contribution >= 0.6 is 15.9 Å². The van der Waals surface area contributed by atoms with Gasteiger partial charge in [0.1, 0.15) is 12.4 Å². The van der Waals surface area contributed by atoms with E-state index in [-0.39, 0.29) is 5.91 Å². The third-order valence-corrected chi connectivity index (χ3v) is 6.81. The number of halogens is 1. The lowest BCUT2D eigenvalue weighted by molar-refractivity contribution is -0.117. The number of aromatic nitrogens is 2. The molecule has 1 saturated carbocycles. The van der Waals surface area contributed by atoms with E-state index in [4.69, 9.17) is 4.74 Å². The summed E-state index contributed by atoms with van der Waals surface area (Å²) in [6.07, 6.45) is 9.80. The first kappa shape index (κ1) is 21.4. The van der Waals surface area contributed by atoms with Crippen molar-refractivity contribution in [1.29, 1.82) is 0 Å². The molecule has 0 radical (unpaired) electrons. The minimum atomic E-state index is 0.0969. The first-order valence-corrected chi connectivity index (χ1v) is 11.9. The third kappa shape index (κ3) is 5.24. The molecule has 6 nitrogen and oxygen atoms in total. The van der Waals surface area contributed by atoms with Gasteiger partial charge in [0, 0.05) is 31.3 Å². The van der Waals surface area contributed by atoms with Crippen LogP contribution < -0.4 is 10.1 Å². The molecule has 1 N–H and O–H groups in total. The van der Waals surface area contributed by atoms with Crippen LogP contribution in [-0.2, 0) is 11.8 Å². The Kier molecular flexibility index (Phi) is 7.10. The number of aryl methyl sites for hydroxylation is 1. The van der Waals surface area contributed by atoms with Crippen LogP contribution in [-0.4, -0.2) is 46.8 Å². The summed E-state index contributed by atoms with van der Waals surface area (Å²) in [5.74, 6) is 1.44. The Hall–Kier alpha value is -1.86. The Morgan fingerprint density at radius 2 is 2.00 bits per heavy atom. The van der Waals surface area contributed by atoms with Gasteiger partial charge in [0.05, 0.1) is 16.4 Å². The SMILES string of the molecule is Cn1ncc(Br)c1-c1cc(NC(=O)CC2CCCC2)ccc1OCCN1CCCC1. The average Bonchev–Trinajstić information content (AvgIpc) is 3.47. The molecule has 0 unspecified atom stereocenters. The van der Waals surface area contributed by atoms with Gasteiger partial charge in [0.2, 0.25) is 5.91 Å². The van der Waals surface area contributed by atoms with E-state index in [1.54, 1.807) is 6.20 Å². The lowest BCUT2D eigenvalue weighted by Gasteiger charge is -2.18. The predicted octanol–water partition coefficient (Wildman–Crippen LogP) is 4.84. The minimum absolute atomic E-state index is 0.0969. The van der Waals surface area contributed by atoms with Gasteiger partial charge in [-0.2, -0.15) is 5.10 Å². The van der Waals surface area contributed by atoms with Crippen molar-refractivity contribution in [2.75, 3.05) is 31.6 Å².